The third-order valence-corrected chi connectivity index (χ3v) is 5.67. The van der Waals surface area contributed by atoms with Crippen molar-refractivity contribution >= 4 is 0 Å². The molecule has 19 heavy (non-hydrogen) atoms. The van der Waals surface area contributed by atoms with Gasteiger partial charge < -0.3 is 10.2 Å². The molecule has 1 aromatic heterocycles. The first-order valence-electron chi connectivity index (χ1n) is 7.88. The monoisotopic (exact) mass is 260 g/mol. The first kappa shape index (κ1) is 12.0. The molecule has 4 saturated carbocycles. The van der Waals surface area contributed by atoms with Gasteiger partial charge in [0.2, 0.25) is 0 Å². The highest BCUT2D eigenvalue weighted by molar-refractivity contribution is 5.07. The van der Waals surface area contributed by atoms with E-state index in [0.717, 1.165) is 42.2 Å². The van der Waals surface area contributed by atoms with E-state index in [2.05, 4.69) is 4.98 Å². The summed E-state index contributed by atoms with van der Waals surface area (Å²) in [6.07, 6.45) is 12.7. The van der Waals surface area contributed by atoms with E-state index in [1.165, 1.54) is 38.5 Å². The third kappa shape index (κ3) is 2.12. The van der Waals surface area contributed by atoms with Gasteiger partial charge in [-0.1, -0.05) is 0 Å². The topological polar surface area (TPSA) is 52.0 Å². The summed E-state index contributed by atoms with van der Waals surface area (Å²) in [5.74, 6) is 4.96. The zero-order valence-electron chi connectivity index (χ0n) is 11.6. The maximum Gasteiger partial charge on any atom is 0.195 e. The van der Waals surface area contributed by atoms with E-state index in [0.29, 0.717) is 12.0 Å². The maximum absolute atomic E-state index is 5.87. The Hall–Kier alpha value is -0.830. The molecule has 4 aliphatic rings. The Kier molecular flexibility index (Phi) is 2.73. The van der Waals surface area contributed by atoms with Gasteiger partial charge in [-0.25, -0.2) is 4.98 Å². The van der Waals surface area contributed by atoms with Crippen LogP contribution in [-0.4, -0.2) is 11.5 Å². The Balaban J connectivity index is 1.52. The van der Waals surface area contributed by atoms with E-state index >= 15 is 0 Å². The highest BCUT2D eigenvalue weighted by Crippen LogP contribution is 2.61. The summed E-state index contributed by atoms with van der Waals surface area (Å²) in [7, 11) is 0. The quantitative estimate of drug-likeness (QED) is 0.905. The molecule has 4 fully saturated rings. The first-order chi connectivity index (χ1) is 9.25. The van der Waals surface area contributed by atoms with Crippen LogP contribution >= 0.6 is 0 Å². The van der Waals surface area contributed by atoms with Crippen LogP contribution in [0, 0.1) is 23.2 Å². The second-order valence-corrected chi connectivity index (χ2v) is 7.35. The minimum atomic E-state index is 0.550. The van der Waals surface area contributed by atoms with Crippen LogP contribution in [0.25, 0.3) is 0 Å². The molecule has 0 radical (unpaired) electrons. The molecule has 1 aromatic rings. The summed E-state index contributed by atoms with van der Waals surface area (Å²) in [6, 6.07) is 0. The lowest BCUT2D eigenvalue weighted by molar-refractivity contribution is -0.0545. The van der Waals surface area contributed by atoms with Gasteiger partial charge in [-0.05, 0) is 61.7 Å². The van der Waals surface area contributed by atoms with Crippen molar-refractivity contribution in [2.24, 2.45) is 28.9 Å². The molecule has 5 rings (SSSR count). The molecule has 0 aromatic carbocycles. The molecule has 0 saturated heterocycles. The number of hydrogen-bond acceptors (Lipinski definition) is 3. The average molecular weight is 260 g/mol. The average Bonchev–Trinajstić information content (AvgIpc) is 2.74. The molecular weight excluding hydrogens is 236 g/mol. The molecule has 0 atom stereocenters. The zero-order chi connectivity index (χ0) is 12.9. The van der Waals surface area contributed by atoms with Gasteiger partial charge in [-0.15, -0.1) is 0 Å². The Morgan fingerprint density at radius 2 is 1.79 bits per heavy atom. The fourth-order valence-electron chi connectivity index (χ4n) is 5.54. The van der Waals surface area contributed by atoms with Crippen molar-refractivity contribution in [1.29, 1.82) is 0 Å². The highest BCUT2D eigenvalue weighted by Gasteiger charge is 2.51. The predicted octanol–water partition coefficient (Wildman–Crippen LogP) is 2.93. The lowest BCUT2D eigenvalue weighted by Crippen LogP contribution is -2.46. The summed E-state index contributed by atoms with van der Waals surface area (Å²) in [4.78, 5) is 4.36. The summed E-state index contributed by atoms with van der Waals surface area (Å²) in [5.41, 5.74) is 6.11. The number of rotatable bonds is 4. The number of oxazole rings is 1. The molecule has 104 valence electrons. The summed E-state index contributed by atoms with van der Waals surface area (Å²) in [5, 5.41) is 0. The molecule has 4 aliphatic carbocycles. The molecular formula is C16H24N2O. The molecule has 0 amide bonds. The number of aromatic nitrogens is 1. The van der Waals surface area contributed by atoms with E-state index in [9.17, 15) is 0 Å². The highest BCUT2D eigenvalue weighted by atomic mass is 16.4. The Morgan fingerprint density at radius 1 is 1.16 bits per heavy atom. The van der Waals surface area contributed by atoms with Gasteiger partial charge in [0.05, 0.1) is 6.20 Å². The van der Waals surface area contributed by atoms with E-state index in [-0.39, 0.29) is 0 Å². The minimum Gasteiger partial charge on any atom is -0.446 e. The van der Waals surface area contributed by atoms with Gasteiger partial charge in [0.1, 0.15) is 5.76 Å². The number of nitrogens with zero attached hydrogens (tertiary/aromatic N) is 1. The van der Waals surface area contributed by atoms with Gasteiger partial charge in [-0.3, -0.25) is 0 Å². The van der Waals surface area contributed by atoms with E-state index in [1.54, 1.807) is 0 Å². The van der Waals surface area contributed by atoms with Gasteiger partial charge in [0.25, 0.3) is 0 Å². The summed E-state index contributed by atoms with van der Waals surface area (Å²) in [6.45, 7) is 0.622. The smallest absolute Gasteiger partial charge is 0.195 e. The zero-order valence-corrected chi connectivity index (χ0v) is 11.6. The van der Waals surface area contributed by atoms with Crippen molar-refractivity contribution in [3.05, 3.63) is 17.8 Å². The minimum absolute atomic E-state index is 0.550. The first-order valence-corrected chi connectivity index (χ1v) is 7.88. The fourth-order valence-corrected chi connectivity index (χ4v) is 5.54. The van der Waals surface area contributed by atoms with Gasteiger partial charge in [0, 0.05) is 19.4 Å². The summed E-state index contributed by atoms with van der Waals surface area (Å²) >= 11 is 0. The molecule has 3 nitrogen and oxygen atoms in total. The van der Waals surface area contributed by atoms with Crippen LogP contribution in [-0.2, 0) is 12.8 Å². The van der Waals surface area contributed by atoms with Crippen LogP contribution < -0.4 is 5.73 Å². The van der Waals surface area contributed by atoms with E-state index in [4.69, 9.17) is 10.2 Å². The van der Waals surface area contributed by atoms with Crippen LogP contribution in [0.3, 0.4) is 0 Å². The third-order valence-electron chi connectivity index (χ3n) is 5.67. The van der Waals surface area contributed by atoms with Crippen LogP contribution in [0.1, 0.15) is 50.2 Å². The van der Waals surface area contributed by atoms with Crippen LogP contribution in [0.4, 0.5) is 0 Å². The van der Waals surface area contributed by atoms with E-state index < -0.39 is 0 Å². The largest absolute Gasteiger partial charge is 0.446 e. The van der Waals surface area contributed by atoms with E-state index in [1.807, 2.05) is 6.20 Å². The van der Waals surface area contributed by atoms with Crippen molar-refractivity contribution < 1.29 is 4.42 Å². The van der Waals surface area contributed by atoms with Crippen molar-refractivity contribution in [3.63, 3.8) is 0 Å². The standard InChI is InChI=1S/C16H24N2O/c17-2-1-15-18-10-14(19-15)9-16-6-11-3-12(7-16)5-13(4-11)8-16/h10-13H,1-9,17H2. The molecule has 0 unspecified atom stereocenters. The Morgan fingerprint density at radius 3 is 2.37 bits per heavy atom. The van der Waals surface area contributed by atoms with Crippen LogP contribution in [0.2, 0.25) is 0 Å². The lowest BCUT2D eigenvalue weighted by Gasteiger charge is -2.56. The summed E-state index contributed by atoms with van der Waals surface area (Å²) < 4.78 is 5.87. The maximum atomic E-state index is 5.87. The molecule has 0 aliphatic heterocycles. The van der Waals surface area contributed by atoms with Crippen LogP contribution in [0.15, 0.2) is 10.6 Å². The van der Waals surface area contributed by atoms with Crippen molar-refractivity contribution in [2.45, 2.75) is 51.4 Å². The number of nitrogens with two attached hydrogens (primary N) is 1. The van der Waals surface area contributed by atoms with Crippen molar-refractivity contribution in [3.8, 4) is 0 Å². The fraction of sp³-hybridized carbons (Fsp3) is 0.812. The SMILES string of the molecule is NCCc1ncc(CC23CC4CC(CC(C4)C2)C3)o1. The Labute approximate surface area is 115 Å². The predicted molar refractivity (Wildman–Crippen MR) is 73.6 cm³/mol. The molecule has 3 heteroatoms. The molecule has 2 N–H and O–H groups in total. The van der Waals surface area contributed by atoms with Gasteiger partial charge in [0.15, 0.2) is 5.89 Å². The number of hydrogen-bond donors (Lipinski definition) is 1. The van der Waals surface area contributed by atoms with Gasteiger partial charge in [-0.2, -0.15) is 0 Å². The van der Waals surface area contributed by atoms with Gasteiger partial charge >= 0.3 is 0 Å². The normalized spacial score (nSPS) is 39.9. The second-order valence-electron chi connectivity index (χ2n) is 7.35. The molecule has 1 heterocycles. The van der Waals surface area contributed by atoms with Crippen molar-refractivity contribution in [1.82, 2.24) is 4.98 Å². The Bertz CT molecular complexity index is 430. The van der Waals surface area contributed by atoms with Crippen molar-refractivity contribution in [2.75, 3.05) is 6.54 Å². The second kappa shape index (κ2) is 4.34. The molecule has 4 bridgehead atoms. The molecule has 0 spiro atoms. The lowest BCUT2D eigenvalue weighted by atomic mass is 9.49. The van der Waals surface area contributed by atoms with Crippen LogP contribution in [0.5, 0.6) is 0 Å².